The molecule has 114 valence electrons. The maximum Gasteiger partial charge on any atom is 0.134 e. The number of benzene rings is 1. The topological polar surface area (TPSA) is 41.9 Å². The summed E-state index contributed by atoms with van der Waals surface area (Å²) in [7, 11) is 1.63. The predicted molar refractivity (Wildman–Crippen MR) is 82.3 cm³/mol. The van der Waals surface area contributed by atoms with E-state index >= 15 is 0 Å². The summed E-state index contributed by atoms with van der Waals surface area (Å²) in [5.74, 6) is 6.37. The lowest BCUT2D eigenvalue weighted by Crippen LogP contribution is -2.41. The van der Waals surface area contributed by atoms with Gasteiger partial charge in [-0.15, -0.1) is 0 Å². The highest BCUT2D eigenvalue weighted by atomic mass is 16.5. The van der Waals surface area contributed by atoms with E-state index in [-0.39, 0.29) is 6.61 Å². The zero-order valence-corrected chi connectivity index (χ0v) is 12.8. The Labute approximate surface area is 126 Å². The van der Waals surface area contributed by atoms with Crippen LogP contribution in [0.4, 0.5) is 0 Å². The van der Waals surface area contributed by atoms with Crippen molar-refractivity contribution in [3.05, 3.63) is 29.3 Å². The number of hydrogen-bond donors (Lipinski definition) is 1. The molecule has 0 bridgehead atoms. The second kappa shape index (κ2) is 8.04. The first-order chi connectivity index (χ1) is 10.3. The lowest BCUT2D eigenvalue weighted by Gasteiger charge is -2.32. The van der Waals surface area contributed by atoms with E-state index in [1.165, 1.54) is 5.56 Å². The number of aliphatic hydroxyl groups is 1. The number of methoxy groups -OCH3 is 1. The first kappa shape index (κ1) is 15.8. The molecule has 1 aromatic rings. The molecule has 1 heterocycles. The van der Waals surface area contributed by atoms with Gasteiger partial charge in [-0.3, -0.25) is 4.90 Å². The summed E-state index contributed by atoms with van der Waals surface area (Å²) in [5, 5.41) is 8.84. The van der Waals surface area contributed by atoms with E-state index in [0.717, 1.165) is 44.0 Å². The Morgan fingerprint density at radius 1 is 1.48 bits per heavy atom. The first-order valence-electron chi connectivity index (χ1n) is 7.37. The van der Waals surface area contributed by atoms with Gasteiger partial charge in [-0.05, 0) is 24.1 Å². The quantitative estimate of drug-likeness (QED) is 0.856. The van der Waals surface area contributed by atoms with Gasteiger partial charge < -0.3 is 14.6 Å². The van der Waals surface area contributed by atoms with Crippen molar-refractivity contribution in [3.63, 3.8) is 0 Å². The van der Waals surface area contributed by atoms with Crippen molar-refractivity contribution in [2.75, 3.05) is 33.4 Å². The van der Waals surface area contributed by atoms with Crippen LogP contribution in [-0.4, -0.2) is 49.5 Å². The molecule has 21 heavy (non-hydrogen) atoms. The highest BCUT2D eigenvalue weighted by molar-refractivity contribution is 5.48. The van der Waals surface area contributed by atoms with Crippen LogP contribution in [0.15, 0.2) is 18.2 Å². The maximum atomic E-state index is 8.84. The van der Waals surface area contributed by atoms with E-state index in [0.29, 0.717) is 6.10 Å². The molecule has 1 N–H and O–H groups in total. The Morgan fingerprint density at radius 2 is 2.33 bits per heavy atom. The minimum Gasteiger partial charge on any atom is -0.495 e. The van der Waals surface area contributed by atoms with Gasteiger partial charge in [-0.25, -0.2) is 0 Å². The normalized spacial score (nSPS) is 18.9. The van der Waals surface area contributed by atoms with Crippen LogP contribution in [0, 0.1) is 11.8 Å². The second-order valence-corrected chi connectivity index (χ2v) is 5.13. The summed E-state index contributed by atoms with van der Waals surface area (Å²) in [4.78, 5) is 2.41. The molecule has 0 radical (unpaired) electrons. The number of ether oxygens (including phenoxy) is 2. The fourth-order valence-electron chi connectivity index (χ4n) is 2.52. The van der Waals surface area contributed by atoms with Crippen LogP contribution in [0.3, 0.4) is 0 Å². The van der Waals surface area contributed by atoms with Crippen LogP contribution in [-0.2, 0) is 11.3 Å². The largest absolute Gasteiger partial charge is 0.495 e. The molecule has 0 spiro atoms. The molecule has 2 rings (SSSR count). The predicted octanol–water partition coefficient (Wildman–Crippen LogP) is 1.65. The fraction of sp³-hybridized carbons (Fsp3) is 0.529. The monoisotopic (exact) mass is 289 g/mol. The van der Waals surface area contributed by atoms with Gasteiger partial charge in [0.05, 0.1) is 25.4 Å². The summed E-state index contributed by atoms with van der Waals surface area (Å²) in [6.07, 6.45) is 1.39. The third-order valence-electron chi connectivity index (χ3n) is 3.65. The van der Waals surface area contributed by atoms with Gasteiger partial charge in [-0.1, -0.05) is 24.8 Å². The molecule has 1 aliphatic rings. The van der Waals surface area contributed by atoms with E-state index < -0.39 is 0 Å². The standard InChI is InChI=1S/C17H23NO3/c1-3-16-13-18(8-10-21-16)12-14-6-7-17(20-2)15(11-14)5-4-9-19/h6-7,11,16,19H,3,8-10,12-13H2,1-2H3. The van der Waals surface area contributed by atoms with Crippen LogP contribution in [0.5, 0.6) is 5.75 Å². The van der Waals surface area contributed by atoms with E-state index in [4.69, 9.17) is 14.6 Å². The average molecular weight is 289 g/mol. The summed E-state index contributed by atoms with van der Waals surface area (Å²) in [6.45, 7) is 5.63. The first-order valence-corrected chi connectivity index (χ1v) is 7.37. The van der Waals surface area contributed by atoms with Gasteiger partial charge in [0, 0.05) is 19.6 Å². The number of hydrogen-bond acceptors (Lipinski definition) is 4. The number of nitrogens with zero attached hydrogens (tertiary/aromatic N) is 1. The van der Waals surface area contributed by atoms with Crippen LogP contribution < -0.4 is 4.74 Å². The number of morpholine rings is 1. The lowest BCUT2D eigenvalue weighted by atomic mass is 10.1. The zero-order valence-electron chi connectivity index (χ0n) is 12.8. The van der Waals surface area contributed by atoms with Gasteiger partial charge in [0.2, 0.25) is 0 Å². The van der Waals surface area contributed by atoms with Gasteiger partial charge in [-0.2, -0.15) is 0 Å². The van der Waals surface area contributed by atoms with Gasteiger partial charge in [0.25, 0.3) is 0 Å². The highest BCUT2D eigenvalue weighted by Crippen LogP contribution is 2.20. The van der Waals surface area contributed by atoms with Crippen molar-refractivity contribution >= 4 is 0 Å². The summed E-state index contributed by atoms with van der Waals surface area (Å²) < 4.78 is 11.0. The summed E-state index contributed by atoms with van der Waals surface area (Å²) in [6, 6.07) is 6.05. The SMILES string of the molecule is CCC1CN(Cc2ccc(OC)c(C#CCO)c2)CCO1. The Hall–Kier alpha value is -1.54. The average Bonchev–Trinajstić information content (AvgIpc) is 2.53. The Kier molecular flexibility index (Phi) is 6.06. The van der Waals surface area contributed by atoms with Gasteiger partial charge in [0.15, 0.2) is 0 Å². The Bertz CT molecular complexity index is 519. The van der Waals surface area contributed by atoms with Crippen LogP contribution in [0.1, 0.15) is 24.5 Å². The molecule has 0 aromatic heterocycles. The molecule has 1 aromatic carbocycles. The molecular formula is C17H23NO3. The van der Waals surface area contributed by atoms with Crippen molar-refractivity contribution in [2.45, 2.75) is 26.0 Å². The molecule has 4 heteroatoms. The molecule has 4 nitrogen and oxygen atoms in total. The molecule has 0 saturated carbocycles. The third kappa shape index (κ3) is 4.47. The van der Waals surface area contributed by atoms with Crippen LogP contribution >= 0.6 is 0 Å². The van der Waals surface area contributed by atoms with E-state index in [2.05, 4.69) is 29.7 Å². The smallest absolute Gasteiger partial charge is 0.134 e. The van der Waals surface area contributed by atoms with Crippen molar-refractivity contribution in [2.24, 2.45) is 0 Å². The van der Waals surface area contributed by atoms with E-state index in [9.17, 15) is 0 Å². The summed E-state index contributed by atoms with van der Waals surface area (Å²) >= 11 is 0. The zero-order chi connectivity index (χ0) is 15.1. The maximum absolute atomic E-state index is 8.84. The fourth-order valence-corrected chi connectivity index (χ4v) is 2.52. The van der Waals surface area contributed by atoms with Gasteiger partial charge in [0.1, 0.15) is 12.4 Å². The van der Waals surface area contributed by atoms with Crippen LogP contribution in [0.25, 0.3) is 0 Å². The molecule has 1 atom stereocenters. The van der Waals surface area contributed by atoms with Gasteiger partial charge >= 0.3 is 0 Å². The third-order valence-corrected chi connectivity index (χ3v) is 3.65. The lowest BCUT2D eigenvalue weighted by molar-refractivity contribution is -0.0324. The minimum absolute atomic E-state index is 0.144. The molecule has 1 fully saturated rings. The molecule has 0 aliphatic carbocycles. The molecule has 1 unspecified atom stereocenters. The number of rotatable bonds is 4. The molecule has 0 amide bonds. The minimum atomic E-state index is -0.144. The highest BCUT2D eigenvalue weighted by Gasteiger charge is 2.19. The van der Waals surface area contributed by atoms with Crippen LogP contribution in [0.2, 0.25) is 0 Å². The summed E-state index contributed by atoms with van der Waals surface area (Å²) in [5.41, 5.74) is 2.03. The van der Waals surface area contributed by atoms with E-state index in [1.807, 2.05) is 12.1 Å². The van der Waals surface area contributed by atoms with Crippen molar-refractivity contribution in [1.29, 1.82) is 0 Å². The van der Waals surface area contributed by atoms with Crippen molar-refractivity contribution in [3.8, 4) is 17.6 Å². The molecular weight excluding hydrogens is 266 g/mol. The Morgan fingerprint density at radius 3 is 3.05 bits per heavy atom. The number of aliphatic hydroxyl groups excluding tert-OH is 1. The van der Waals surface area contributed by atoms with Crippen molar-refractivity contribution < 1.29 is 14.6 Å². The molecule has 1 saturated heterocycles. The van der Waals surface area contributed by atoms with E-state index in [1.54, 1.807) is 7.11 Å². The van der Waals surface area contributed by atoms with Crippen molar-refractivity contribution in [1.82, 2.24) is 4.90 Å². The second-order valence-electron chi connectivity index (χ2n) is 5.13. The Balaban J connectivity index is 2.09. The molecule has 1 aliphatic heterocycles.